The Labute approximate surface area is 178 Å². The van der Waals surface area contributed by atoms with E-state index in [9.17, 15) is 10.1 Å². The first-order valence-electron chi connectivity index (χ1n) is 12.0. The van der Waals surface area contributed by atoms with E-state index in [0.717, 1.165) is 25.9 Å². The zero-order valence-electron chi connectivity index (χ0n) is 18.8. The second-order valence-electron chi connectivity index (χ2n) is 8.06. The monoisotopic (exact) mass is 405 g/mol. The predicted octanol–water partition coefficient (Wildman–Crippen LogP) is 7.92. The molecule has 0 saturated heterocycles. The van der Waals surface area contributed by atoms with Crippen LogP contribution in [0.3, 0.4) is 0 Å². The molecule has 0 saturated carbocycles. The normalized spacial score (nSPS) is 10.8. The van der Waals surface area contributed by atoms with Crippen LogP contribution in [0, 0.1) is 10.1 Å². The van der Waals surface area contributed by atoms with Crippen molar-refractivity contribution in [3.63, 3.8) is 0 Å². The van der Waals surface area contributed by atoms with Gasteiger partial charge in [0.25, 0.3) is 0 Å². The van der Waals surface area contributed by atoms with Gasteiger partial charge in [0, 0.05) is 13.1 Å². The number of para-hydroxylation sites is 1. The summed E-state index contributed by atoms with van der Waals surface area (Å²) in [6, 6.07) is 5.53. The van der Waals surface area contributed by atoms with Gasteiger partial charge in [-0.1, -0.05) is 97.0 Å². The van der Waals surface area contributed by atoms with Crippen LogP contribution in [0.15, 0.2) is 18.2 Å². The van der Waals surface area contributed by atoms with E-state index in [1.807, 2.05) is 18.2 Å². The van der Waals surface area contributed by atoms with Crippen molar-refractivity contribution in [2.45, 2.75) is 104 Å². The van der Waals surface area contributed by atoms with Gasteiger partial charge in [0.2, 0.25) is 0 Å². The lowest BCUT2D eigenvalue weighted by Crippen LogP contribution is -2.08. The maximum Gasteiger partial charge on any atom is 0.315 e. The Bertz CT molecular complexity index is 511. The number of nitrogens with zero attached hydrogens (tertiary/aromatic N) is 1. The predicted molar refractivity (Wildman–Crippen MR) is 126 cm³/mol. The maximum atomic E-state index is 11.6. The molecule has 5 heteroatoms. The number of benzene rings is 1. The molecule has 0 fully saturated rings. The van der Waals surface area contributed by atoms with E-state index >= 15 is 0 Å². The third-order valence-corrected chi connectivity index (χ3v) is 5.41. The van der Waals surface area contributed by atoms with Crippen molar-refractivity contribution in [2.24, 2.45) is 0 Å². The first kappa shape index (κ1) is 25.3. The molecule has 1 aromatic rings. The maximum absolute atomic E-state index is 11.6. The van der Waals surface area contributed by atoms with E-state index in [1.54, 1.807) is 0 Å². The Balaban J connectivity index is 2.36. The number of hydrogen-bond donors (Lipinski definition) is 2. The van der Waals surface area contributed by atoms with Crippen LogP contribution >= 0.6 is 0 Å². The van der Waals surface area contributed by atoms with E-state index in [1.165, 1.54) is 77.0 Å². The second kappa shape index (κ2) is 17.1. The Morgan fingerprint density at radius 1 is 0.690 bits per heavy atom. The first-order valence-corrected chi connectivity index (χ1v) is 12.0. The molecule has 166 valence electrons. The molecule has 1 aromatic carbocycles. The Kier molecular flexibility index (Phi) is 14.9. The molecule has 0 aromatic heterocycles. The van der Waals surface area contributed by atoms with Gasteiger partial charge in [-0.05, 0) is 25.0 Å². The summed E-state index contributed by atoms with van der Waals surface area (Å²) in [5, 5.41) is 18.2. The number of nitro groups is 1. The Hall–Kier alpha value is -1.78. The van der Waals surface area contributed by atoms with Gasteiger partial charge in [-0.2, -0.15) is 0 Å². The molecule has 0 aliphatic rings. The molecule has 1 rings (SSSR count). The van der Waals surface area contributed by atoms with E-state index in [4.69, 9.17) is 0 Å². The van der Waals surface area contributed by atoms with Crippen molar-refractivity contribution in [1.29, 1.82) is 0 Å². The standard InChI is InChI=1S/C24H43N3O2/c1-3-5-7-9-11-13-15-20-25-22-18-17-19-23(24(22)27(28)29)26-21-16-14-12-10-8-6-4-2/h17-19,25-26H,3-16,20-21H2,1-2H3. The number of nitrogens with one attached hydrogen (secondary N) is 2. The van der Waals surface area contributed by atoms with Crippen molar-refractivity contribution in [3.8, 4) is 0 Å². The zero-order chi connectivity index (χ0) is 21.2. The lowest BCUT2D eigenvalue weighted by atomic mass is 10.1. The summed E-state index contributed by atoms with van der Waals surface area (Å²) in [5.41, 5.74) is 1.44. The number of rotatable bonds is 19. The van der Waals surface area contributed by atoms with Crippen LogP contribution in [0.2, 0.25) is 0 Å². The van der Waals surface area contributed by atoms with Gasteiger partial charge in [-0.15, -0.1) is 0 Å². The lowest BCUT2D eigenvalue weighted by molar-refractivity contribution is -0.383. The summed E-state index contributed by atoms with van der Waals surface area (Å²) in [5.74, 6) is 0. The molecule has 0 unspecified atom stereocenters. The number of anilines is 2. The van der Waals surface area contributed by atoms with Crippen LogP contribution < -0.4 is 10.6 Å². The lowest BCUT2D eigenvalue weighted by Gasteiger charge is -2.12. The topological polar surface area (TPSA) is 67.2 Å². The molecule has 0 atom stereocenters. The number of nitro benzene ring substituents is 1. The fourth-order valence-corrected chi connectivity index (χ4v) is 3.64. The minimum Gasteiger partial charge on any atom is -0.379 e. The highest BCUT2D eigenvalue weighted by atomic mass is 16.6. The molecular weight excluding hydrogens is 362 g/mol. The molecule has 5 nitrogen and oxygen atoms in total. The summed E-state index contributed by atoms with van der Waals surface area (Å²) < 4.78 is 0. The van der Waals surface area contributed by atoms with Crippen molar-refractivity contribution < 1.29 is 4.92 Å². The van der Waals surface area contributed by atoms with Gasteiger partial charge in [0.05, 0.1) is 4.92 Å². The zero-order valence-corrected chi connectivity index (χ0v) is 18.8. The second-order valence-corrected chi connectivity index (χ2v) is 8.06. The van der Waals surface area contributed by atoms with Crippen LogP contribution in [0.1, 0.15) is 104 Å². The van der Waals surface area contributed by atoms with Crippen LogP contribution in [0.4, 0.5) is 17.1 Å². The van der Waals surface area contributed by atoms with E-state index in [-0.39, 0.29) is 10.6 Å². The molecule has 0 aliphatic carbocycles. The van der Waals surface area contributed by atoms with Crippen LogP contribution in [0.5, 0.6) is 0 Å². The summed E-state index contributed by atoms with van der Waals surface area (Å²) in [6.07, 6.45) is 17.4. The summed E-state index contributed by atoms with van der Waals surface area (Å²) in [4.78, 5) is 11.4. The van der Waals surface area contributed by atoms with E-state index in [0.29, 0.717) is 11.4 Å². The van der Waals surface area contributed by atoms with Gasteiger partial charge in [0.1, 0.15) is 11.4 Å². The molecule has 0 aliphatic heterocycles. The average molecular weight is 406 g/mol. The fourth-order valence-electron chi connectivity index (χ4n) is 3.64. The SMILES string of the molecule is CCCCCCCCCNc1cccc(NCCCCCCCCC)c1[N+](=O)[O-]. The molecular formula is C24H43N3O2. The van der Waals surface area contributed by atoms with Crippen LogP contribution in [-0.2, 0) is 0 Å². The van der Waals surface area contributed by atoms with Crippen molar-refractivity contribution in [3.05, 3.63) is 28.3 Å². The first-order chi connectivity index (χ1) is 14.2. The molecule has 2 N–H and O–H groups in total. The molecule has 0 spiro atoms. The minimum absolute atomic E-state index is 0.179. The van der Waals surface area contributed by atoms with E-state index in [2.05, 4.69) is 24.5 Å². The summed E-state index contributed by atoms with van der Waals surface area (Å²) in [7, 11) is 0. The average Bonchev–Trinajstić information content (AvgIpc) is 2.71. The fraction of sp³-hybridized carbons (Fsp3) is 0.750. The molecule has 0 amide bonds. The largest absolute Gasteiger partial charge is 0.379 e. The molecule has 29 heavy (non-hydrogen) atoms. The third kappa shape index (κ3) is 11.7. The third-order valence-electron chi connectivity index (χ3n) is 5.41. The molecule has 0 bridgehead atoms. The van der Waals surface area contributed by atoms with Crippen molar-refractivity contribution in [2.75, 3.05) is 23.7 Å². The number of hydrogen-bond acceptors (Lipinski definition) is 4. The Morgan fingerprint density at radius 2 is 1.07 bits per heavy atom. The van der Waals surface area contributed by atoms with Gasteiger partial charge in [-0.3, -0.25) is 10.1 Å². The van der Waals surface area contributed by atoms with Gasteiger partial charge in [0.15, 0.2) is 0 Å². The van der Waals surface area contributed by atoms with Crippen LogP contribution in [-0.4, -0.2) is 18.0 Å². The molecule has 0 heterocycles. The number of unbranched alkanes of at least 4 members (excludes halogenated alkanes) is 12. The van der Waals surface area contributed by atoms with Gasteiger partial charge >= 0.3 is 5.69 Å². The molecule has 0 radical (unpaired) electrons. The summed E-state index contributed by atoms with van der Waals surface area (Å²) in [6.45, 7) is 6.04. The minimum atomic E-state index is -0.264. The Morgan fingerprint density at radius 3 is 1.45 bits per heavy atom. The smallest absolute Gasteiger partial charge is 0.315 e. The van der Waals surface area contributed by atoms with Crippen molar-refractivity contribution >= 4 is 17.1 Å². The highest BCUT2D eigenvalue weighted by Crippen LogP contribution is 2.33. The highest BCUT2D eigenvalue weighted by Gasteiger charge is 2.19. The van der Waals surface area contributed by atoms with Gasteiger partial charge < -0.3 is 10.6 Å². The van der Waals surface area contributed by atoms with Gasteiger partial charge in [-0.25, -0.2) is 0 Å². The van der Waals surface area contributed by atoms with Crippen LogP contribution in [0.25, 0.3) is 0 Å². The van der Waals surface area contributed by atoms with E-state index < -0.39 is 0 Å². The van der Waals surface area contributed by atoms with Crippen molar-refractivity contribution in [1.82, 2.24) is 0 Å². The highest BCUT2D eigenvalue weighted by molar-refractivity contribution is 5.76. The summed E-state index contributed by atoms with van der Waals surface area (Å²) >= 11 is 0. The quantitative estimate of drug-likeness (QED) is 0.139.